The summed E-state index contributed by atoms with van der Waals surface area (Å²) < 4.78 is 5.20. The van der Waals surface area contributed by atoms with Gasteiger partial charge in [0.05, 0.1) is 12.6 Å². The molecule has 0 aliphatic rings. The summed E-state index contributed by atoms with van der Waals surface area (Å²) in [5.41, 5.74) is 3.51. The number of aromatic nitrogens is 4. The van der Waals surface area contributed by atoms with Gasteiger partial charge in [-0.1, -0.05) is 35.5 Å². The molecular weight excluding hydrogens is 422 g/mol. The van der Waals surface area contributed by atoms with Crippen LogP contribution in [0.2, 0.25) is 0 Å². The molecule has 0 unspecified atom stereocenters. The number of carbonyl (C=O) groups excluding carboxylic acids is 1. The molecule has 0 aliphatic heterocycles. The predicted molar refractivity (Wildman–Crippen MR) is 123 cm³/mol. The van der Waals surface area contributed by atoms with E-state index in [1.165, 1.54) is 6.33 Å². The third-order valence-electron chi connectivity index (χ3n) is 5.03. The third kappa shape index (κ3) is 4.96. The first-order chi connectivity index (χ1) is 16.1. The summed E-state index contributed by atoms with van der Waals surface area (Å²) >= 11 is 0. The van der Waals surface area contributed by atoms with Crippen molar-refractivity contribution >= 4 is 23.4 Å². The molecule has 0 aliphatic carbocycles. The van der Waals surface area contributed by atoms with Gasteiger partial charge in [-0.25, -0.2) is 4.98 Å². The standard InChI is InChI=1S/C23H23N7O3/c1-14-10-16(8-9-17(14)21(32)24-2)28-23-25-11-18(22-26-13-27-33-22)20(30-23)29-19(12-31)15-6-4-3-5-7-15/h3-11,13,19,31H,12H2,1-2H3,(H,24,32)(H2,25,28,29,30)/t19-/m1/s1. The smallest absolute Gasteiger partial charge is 0.262 e. The second-order valence-electron chi connectivity index (χ2n) is 7.23. The number of aliphatic hydroxyl groups is 1. The number of aryl methyl sites for hydroxylation is 1. The Morgan fingerprint density at radius 2 is 1.97 bits per heavy atom. The Labute approximate surface area is 190 Å². The molecule has 2 aromatic heterocycles. The van der Waals surface area contributed by atoms with Crippen LogP contribution in [0.15, 0.2) is 65.6 Å². The Balaban J connectivity index is 1.65. The number of nitrogens with zero attached hydrogens (tertiary/aromatic N) is 4. The van der Waals surface area contributed by atoms with E-state index in [1.54, 1.807) is 25.4 Å². The molecule has 2 aromatic carbocycles. The molecule has 0 bridgehead atoms. The number of aliphatic hydroxyl groups excluding tert-OH is 1. The first kappa shape index (κ1) is 21.9. The van der Waals surface area contributed by atoms with Crippen LogP contribution in [-0.2, 0) is 0 Å². The molecule has 33 heavy (non-hydrogen) atoms. The van der Waals surface area contributed by atoms with Crippen LogP contribution in [0.5, 0.6) is 0 Å². The lowest BCUT2D eigenvalue weighted by Gasteiger charge is -2.19. The van der Waals surface area contributed by atoms with Crippen molar-refractivity contribution < 1.29 is 14.4 Å². The minimum absolute atomic E-state index is 0.151. The van der Waals surface area contributed by atoms with Gasteiger partial charge in [0.15, 0.2) is 6.33 Å². The number of nitrogens with one attached hydrogen (secondary N) is 3. The van der Waals surface area contributed by atoms with Crippen LogP contribution in [-0.4, -0.2) is 44.8 Å². The summed E-state index contributed by atoms with van der Waals surface area (Å²) in [5.74, 6) is 0.831. The topological polar surface area (TPSA) is 138 Å². The fourth-order valence-electron chi connectivity index (χ4n) is 3.35. The quantitative estimate of drug-likeness (QED) is 0.322. The van der Waals surface area contributed by atoms with Crippen molar-refractivity contribution in [3.05, 3.63) is 77.7 Å². The van der Waals surface area contributed by atoms with E-state index < -0.39 is 6.04 Å². The summed E-state index contributed by atoms with van der Waals surface area (Å²) in [6, 6.07) is 14.5. The second-order valence-corrected chi connectivity index (χ2v) is 7.23. The van der Waals surface area contributed by atoms with Crippen molar-refractivity contribution in [1.29, 1.82) is 0 Å². The van der Waals surface area contributed by atoms with Crippen LogP contribution < -0.4 is 16.0 Å². The lowest BCUT2D eigenvalue weighted by Crippen LogP contribution is -2.19. The lowest BCUT2D eigenvalue weighted by molar-refractivity contribution is 0.0962. The SMILES string of the molecule is CNC(=O)c1ccc(Nc2ncc(-c3ncno3)c(N[C@H](CO)c3ccccc3)n2)cc1C. The maximum atomic E-state index is 11.9. The Hall–Kier alpha value is -4.31. The zero-order chi connectivity index (χ0) is 23.2. The zero-order valence-corrected chi connectivity index (χ0v) is 18.1. The Morgan fingerprint density at radius 1 is 1.15 bits per heavy atom. The van der Waals surface area contributed by atoms with Crippen LogP contribution in [0.3, 0.4) is 0 Å². The first-order valence-electron chi connectivity index (χ1n) is 10.2. The number of carbonyl (C=O) groups is 1. The number of benzene rings is 2. The van der Waals surface area contributed by atoms with Crippen LogP contribution in [0.1, 0.15) is 27.5 Å². The molecule has 168 valence electrons. The van der Waals surface area contributed by atoms with E-state index >= 15 is 0 Å². The molecule has 4 N–H and O–H groups in total. The van der Waals surface area contributed by atoms with E-state index in [0.29, 0.717) is 22.9 Å². The molecular formula is C23H23N7O3. The number of anilines is 3. The van der Waals surface area contributed by atoms with Gasteiger partial charge in [-0.2, -0.15) is 9.97 Å². The van der Waals surface area contributed by atoms with Crippen molar-refractivity contribution in [1.82, 2.24) is 25.4 Å². The van der Waals surface area contributed by atoms with Gasteiger partial charge in [0.1, 0.15) is 11.4 Å². The number of rotatable bonds is 8. The molecule has 0 saturated carbocycles. The summed E-state index contributed by atoms with van der Waals surface area (Å²) in [6.07, 6.45) is 2.86. The fourth-order valence-corrected chi connectivity index (χ4v) is 3.35. The average Bonchev–Trinajstić information content (AvgIpc) is 3.37. The van der Waals surface area contributed by atoms with Gasteiger partial charge in [-0.3, -0.25) is 4.79 Å². The summed E-state index contributed by atoms with van der Waals surface area (Å²) in [7, 11) is 1.59. The van der Waals surface area contributed by atoms with Crippen LogP contribution in [0, 0.1) is 6.92 Å². The van der Waals surface area contributed by atoms with Crippen molar-refractivity contribution in [3.63, 3.8) is 0 Å². The average molecular weight is 445 g/mol. The van der Waals surface area contributed by atoms with E-state index in [1.807, 2.05) is 43.3 Å². The largest absolute Gasteiger partial charge is 0.394 e. The Bertz CT molecular complexity index is 1230. The third-order valence-corrected chi connectivity index (χ3v) is 5.03. The van der Waals surface area contributed by atoms with Crippen LogP contribution >= 0.6 is 0 Å². The van der Waals surface area contributed by atoms with E-state index in [9.17, 15) is 9.90 Å². The number of hydrogen-bond donors (Lipinski definition) is 4. The molecule has 1 amide bonds. The molecule has 4 aromatic rings. The highest BCUT2D eigenvalue weighted by atomic mass is 16.5. The van der Waals surface area contributed by atoms with Gasteiger partial charge in [0.2, 0.25) is 5.95 Å². The van der Waals surface area contributed by atoms with E-state index in [-0.39, 0.29) is 18.4 Å². The molecule has 0 radical (unpaired) electrons. The molecule has 0 saturated heterocycles. The highest BCUT2D eigenvalue weighted by Crippen LogP contribution is 2.29. The lowest BCUT2D eigenvalue weighted by atomic mass is 10.1. The van der Waals surface area contributed by atoms with E-state index in [4.69, 9.17) is 4.52 Å². The van der Waals surface area contributed by atoms with Gasteiger partial charge in [0.25, 0.3) is 11.8 Å². The predicted octanol–water partition coefficient (Wildman–Crippen LogP) is 3.08. The van der Waals surface area contributed by atoms with Gasteiger partial charge >= 0.3 is 0 Å². The van der Waals surface area contributed by atoms with Crippen LogP contribution in [0.25, 0.3) is 11.5 Å². The molecule has 0 fully saturated rings. The minimum Gasteiger partial charge on any atom is -0.394 e. The highest BCUT2D eigenvalue weighted by Gasteiger charge is 2.19. The van der Waals surface area contributed by atoms with Crippen molar-refractivity contribution in [2.75, 3.05) is 24.3 Å². The summed E-state index contributed by atoms with van der Waals surface area (Å²) in [6.45, 7) is 1.70. The van der Waals surface area contributed by atoms with Crippen molar-refractivity contribution in [2.45, 2.75) is 13.0 Å². The van der Waals surface area contributed by atoms with E-state index in [0.717, 1.165) is 16.8 Å². The number of amides is 1. The molecule has 2 heterocycles. The van der Waals surface area contributed by atoms with Crippen molar-refractivity contribution in [3.8, 4) is 11.5 Å². The zero-order valence-electron chi connectivity index (χ0n) is 18.1. The molecule has 10 nitrogen and oxygen atoms in total. The monoisotopic (exact) mass is 445 g/mol. The molecule has 0 spiro atoms. The van der Waals surface area contributed by atoms with Gasteiger partial charge in [-0.05, 0) is 36.2 Å². The molecule has 1 atom stereocenters. The Morgan fingerprint density at radius 3 is 2.64 bits per heavy atom. The Kier molecular flexibility index (Phi) is 6.56. The van der Waals surface area contributed by atoms with Gasteiger partial charge in [0, 0.05) is 24.5 Å². The summed E-state index contributed by atoms with van der Waals surface area (Å²) in [5, 5.41) is 22.7. The highest BCUT2D eigenvalue weighted by molar-refractivity contribution is 5.95. The minimum atomic E-state index is -0.412. The summed E-state index contributed by atoms with van der Waals surface area (Å²) in [4.78, 5) is 25.0. The van der Waals surface area contributed by atoms with Gasteiger partial charge < -0.3 is 25.6 Å². The number of hydrogen-bond acceptors (Lipinski definition) is 9. The molecule has 10 heteroatoms. The second kappa shape index (κ2) is 9.88. The van der Waals surface area contributed by atoms with Crippen LogP contribution in [0.4, 0.5) is 17.5 Å². The maximum absolute atomic E-state index is 11.9. The normalized spacial score (nSPS) is 11.6. The molecule has 4 rings (SSSR count). The van der Waals surface area contributed by atoms with Crippen molar-refractivity contribution in [2.24, 2.45) is 0 Å². The fraction of sp³-hybridized carbons (Fsp3) is 0.174. The maximum Gasteiger partial charge on any atom is 0.262 e. The van der Waals surface area contributed by atoms with Gasteiger partial charge in [-0.15, -0.1) is 0 Å². The first-order valence-corrected chi connectivity index (χ1v) is 10.2. The van der Waals surface area contributed by atoms with E-state index in [2.05, 4.69) is 36.1 Å².